The highest BCUT2D eigenvalue weighted by Crippen LogP contribution is 2.27. The maximum atomic E-state index is 13.7. The summed E-state index contributed by atoms with van der Waals surface area (Å²) in [4.78, 5) is 16.6. The first-order valence-corrected chi connectivity index (χ1v) is 7.00. The van der Waals surface area contributed by atoms with Gasteiger partial charge in [-0.3, -0.25) is 0 Å². The SMILES string of the molecule is CCOC(=O)c1nc(Nc2cc(C)ccc2F)sc1C. The molecule has 0 aliphatic carbocycles. The van der Waals surface area contributed by atoms with E-state index in [1.54, 1.807) is 26.0 Å². The van der Waals surface area contributed by atoms with Crippen molar-refractivity contribution in [3.63, 3.8) is 0 Å². The highest BCUT2D eigenvalue weighted by molar-refractivity contribution is 7.15. The van der Waals surface area contributed by atoms with Crippen LogP contribution in [-0.4, -0.2) is 17.6 Å². The molecule has 1 aromatic carbocycles. The number of carbonyl (C=O) groups is 1. The lowest BCUT2D eigenvalue weighted by molar-refractivity contribution is 0.0519. The van der Waals surface area contributed by atoms with Crippen LogP contribution in [0.4, 0.5) is 15.2 Å². The number of carbonyl (C=O) groups excluding carboxylic acids is 1. The highest BCUT2D eigenvalue weighted by Gasteiger charge is 2.17. The average molecular weight is 294 g/mol. The van der Waals surface area contributed by atoms with E-state index in [-0.39, 0.29) is 11.5 Å². The molecule has 0 fully saturated rings. The Balaban J connectivity index is 2.24. The third-order valence-electron chi connectivity index (χ3n) is 2.63. The van der Waals surface area contributed by atoms with Crippen molar-refractivity contribution in [2.24, 2.45) is 0 Å². The molecular weight excluding hydrogens is 279 g/mol. The molecule has 20 heavy (non-hydrogen) atoms. The number of aromatic nitrogens is 1. The van der Waals surface area contributed by atoms with Gasteiger partial charge in [-0.25, -0.2) is 14.2 Å². The lowest BCUT2D eigenvalue weighted by atomic mass is 10.2. The van der Waals surface area contributed by atoms with Gasteiger partial charge in [-0.05, 0) is 38.5 Å². The van der Waals surface area contributed by atoms with Gasteiger partial charge in [0, 0.05) is 4.88 Å². The molecule has 0 saturated carbocycles. The van der Waals surface area contributed by atoms with Crippen molar-refractivity contribution < 1.29 is 13.9 Å². The Hall–Kier alpha value is -1.95. The molecule has 0 aliphatic heterocycles. The Morgan fingerprint density at radius 3 is 2.90 bits per heavy atom. The van der Waals surface area contributed by atoms with Crippen molar-refractivity contribution in [3.8, 4) is 0 Å². The van der Waals surface area contributed by atoms with E-state index in [0.29, 0.717) is 17.4 Å². The van der Waals surface area contributed by atoms with Crippen LogP contribution in [0.2, 0.25) is 0 Å². The van der Waals surface area contributed by atoms with Gasteiger partial charge in [0.1, 0.15) is 5.82 Å². The van der Waals surface area contributed by atoms with Crippen LogP contribution < -0.4 is 5.32 Å². The number of hydrogen-bond acceptors (Lipinski definition) is 5. The Kier molecular flexibility index (Phi) is 4.34. The zero-order valence-corrected chi connectivity index (χ0v) is 12.3. The van der Waals surface area contributed by atoms with Crippen LogP contribution in [0.15, 0.2) is 18.2 Å². The molecule has 0 radical (unpaired) electrons. The van der Waals surface area contributed by atoms with E-state index in [1.165, 1.54) is 17.4 Å². The molecular formula is C14H15FN2O2S. The van der Waals surface area contributed by atoms with E-state index in [9.17, 15) is 9.18 Å². The zero-order chi connectivity index (χ0) is 14.7. The highest BCUT2D eigenvalue weighted by atomic mass is 32.1. The van der Waals surface area contributed by atoms with E-state index in [1.807, 2.05) is 6.92 Å². The summed E-state index contributed by atoms with van der Waals surface area (Å²) < 4.78 is 18.6. The van der Waals surface area contributed by atoms with E-state index in [4.69, 9.17) is 4.74 Å². The van der Waals surface area contributed by atoms with Gasteiger partial charge >= 0.3 is 5.97 Å². The first-order chi connectivity index (χ1) is 9.51. The predicted octanol–water partition coefficient (Wildman–Crippen LogP) is 3.82. The molecule has 2 aromatic rings. The fourth-order valence-corrected chi connectivity index (χ4v) is 2.50. The molecule has 0 unspecified atom stereocenters. The lowest BCUT2D eigenvalue weighted by Crippen LogP contribution is -2.06. The third kappa shape index (κ3) is 3.14. The molecule has 1 aromatic heterocycles. The summed E-state index contributed by atoms with van der Waals surface area (Å²) in [5.74, 6) is -0.819. The fourth-order valence-electron chi connectivity index (χ4n) is 1.69. The van der Waals surface area contributed by atoms with Crippen molar-refractivity contribution in [3.05, 3.63) is 40.2 Å². The number of aryl methyl sites for hydroxylation is 2. The van der Waals surface area contributed by atoms with Gasteiger partial charge in [0.2, 0.25) is 0 Å². The fraction of sp³-hybridized carbons (Fsp3) is 0.286. The van der Waals surface area contributed by atoms with E-state index in [0.717, 1.165) is 10.4 Å². The van der Waals surface area contributed by atoms with Crippen LogP contribution >= 0.6 is 11.3 Å². The van der Waals surface area contributed by atoms with Crippen LogP contribution in [0.25, 0.3) is 0 Å². The Morgan fingerprint density at radius 2 is 2.20 bits per heavy atom. The number of esters is 1. The summed E-state index contributed by atoms with van der Waals surface area (Å²) in [6, 6.07) is 4.78. The summed E-state index contributed by atoms with van der Waals surface area (Å²) in [7, 11) is 0. The van der Waals surface area contributed by atoms with Crippen LogP contribution in [0, 0.1) is 19.7 Å². The van der Waals surface area contributed by atoms with Crippen LogP contribution in [0.1, 0.15) is 27.9 Å². The number of benzene rings is 1. The van der Waals surface area contributed by atoms with Crippen molar-refractivity contribution in [1.82, 2.24) is 4.98 Å². The Labute approximate surface area is 120 Å². The maximum Gasteiger partial charge on any atom is 0.358 e. The van der Waals surface area contributed by atoms with Gasteiger partial charge < -0.3 is 10.1 Å². The number of nitrogens with zero attached hydrogens (tertiary/aromatic N) is 1. The molecule has 6 heteroatoms. The number of halogens is 1. The minimum absolute atomic E-state index is 0.271. The molecule has 0 atom stereocenters. The standard InChI is InChI=1S/C14H15FN2O2S/c1-4-19-13(18)12-9(3)20-14(17-12)16-11-7-8(2)5-6-10(11)15/h5-7H,4H2,1-3H3,(H,16,17). The summed E-state index contributed by atoms with van der Waals surface area (Å²) in [5.41, 5.74) is 1.55. The third-order valence-corrected chi connectivity index (χ3v) is 3.52. The molecule has 0 aliphatic rings. The van der Waals surface area contributed by atoms with Crippen LogP contribution in [0.5, 0.6) is 0 Å². The average Bonchev–Trinajstić information content (AvgIpc) is 2.75. The summed E-state index contributed by atoms with van der Waals surface area (Å²) >= 11 is 1.29. The number of hydrogen-bond donors (Lipinski definition) is 1. The first-order valence-electron chi connectivity index (χ1n) is 6.19. The normalized spacial score (nSPS) is 10.4. The molecule has 0 spiro atoms. The number of nitrogens with one attached hydrogen (secondary N) is 1. The molecule has 0 saturated heterocycles. The van der Waals surface area contributed by atoms with Gasteiger partial charge in [0.05, 0.1) is 12.3 Å². The van der Waals surface area contributed by atoms with Gasteiger partial charge in [-0.1, -0.05) is 6.07 Å². The van der Waals surface area contributed by atoms with Gasteiger partial charge in [-0.15, -0.1) is 11.3 Å². The molecule has 106 valence electrons. The van der Waals surface area contributed by atoms with Crippen molar-refractivity contribution in [2.75, 3.05) is 11.9 Å². The second-order valence-electron chi connectivity index (χ2n) is 4.25. The van der Waals surface area contributed by atoms with Gasteiger partial charge in [0.15, 0.2) is 10.8 Å². The Bertz CT molecular complexity index is 640. The zero-order valence-electron chi connectivity index (χ0n) is 11.5. The maximum absolute atomic E-state index is 13.7. The molecule has 0 bridgehead atoms. The summed E-state index contributed by atoms with van der Waals surface area (Å²) in [5, 5.41) is 3.36. The quantitative estimate of drug-likeness (QED) is 0.871. The largest absolute Gasteiger partial charge is 0.461 e. The molecule has 1 N–H and O–H groups in total. The molecule has 0 amide bonds. The van der Waals surface area contributed by atoms with E-state index in [2.05, 4.69) is 10.3 Å². The lowest BCUT2D eigenvalue weighted by Gasteiger charge is -2.04. The monoisotopic (exact) mass is 294 g/mol. The number of anilines is 2. The minimum Gasteiger partial charge on any atom is -0.461 e. The first kappa shape index (κ1) is 14.5. The minimum atomic E-state index is -0.459. The van der Waals surface area contributed by atoms with Crippen molar-refractivity contribution in [2.45, 2.75) is 20.8 Å². The number of rotatable bonds is 4. The van der Waals surface area contributed by atoms with E-state index >= 15 is 0 Å². The Morgan fingerprint density at radius 1 is 1.45 bits per heavy atom. The molecule has 2 rings (SSSR count). The van der Waals surface area contributed by atoms with Gasteiger partial charge in [0.25, 0.3) is 0 Å². The smallest absolute Gasteiger partial charge is 0.358 e. The topological polar surface area (TPSA) is 51.2 Å². The van der Waals surface area contributed by atoms with Crippen molar-refractivity contribution in [1.29, 1.82) is 0 Å². The number of ether oxygens (including phenoxy) is 1. The molecule has 4 nitrogen and oxygen atoms in total. The number of thiazole rings is 1. The van der Waals surface area contributed by atoms with Crippen LogP contribution in [-0.2, 0) is 4.74 Å². The molecule has 1 heterocycles. The van der Waals surface area contributed by atoms with Gasteiger partial charge in [-0.2, -0.15) is 0 Å². The second kappa shape index (κ2) is 6.00. The second-order valence-corrected chi connectivity index (χ2v) is 5.46. The van der Waals surface area contributed by atoms with Crippen LogP contribution in [0.3, 0.4) is 0 Å². The van der Waals surface area contributed by atoms with E-state index < -0.39 is 5.97 Å². The summed E-state index contributed by atoms with van der Waals surface area (Å²) in [6.07, 6.45) is 0. The summed E-state index contributed by atoms with van der Waals surface area (Å²) in [6.45, 7) is 5.69. The van der Waals surface area contributed by atoms with Crippen molar-refractivity contribution >= 4 is 28.1 Å². The predicted molar refractivity (Wildman–Crippen MR) is 77.2 cm³/mol.